The molecule has 5 N–H and O–H groups in total. The quantitative estimate of drug-likeness (QED) is 0.532. The first kappa shape index (κ1) is 20.3. The molecule has 0 bridgehead atoms. The molecule has 0 amide bonds. The number of rotatable bonds is 8. The van der Waals surface area contributed by atoms with Gasteiger partial charge in [0.1, 0.15) is 23.1 Å². The minimum Gasteiger partial charge on any atom is -0.508 e. The van der Waals surface area contributed by atoms with Crippen molar-refractivity contribution in [2.45, 2.75) is 26.7 Å². The molecule has 1 aromatic heterocycles. The zero-order valence-corrected chi connectivity index (χ0v) is 16.7. The highest BCUT2D eigenvalue weighted by atomic mass is 16.5. The third-order valence-electron chi connectivity index (χ3n) is 4.33. The summed E-state index contributed by atoms with van der Waals surface area (Å²) in [5, 5.41) is 9.94. The van der Waals surface area contributed by atoms with Crippen LogP contribution in [0.3, 0.4) is 0 Å². The Morgan fingerprint density at radius 2 is 1.79 bits per heavy atom. The minimum absolute atomic E-state index is 0.146. The van der Waals surface area contributed by atoms with Crippen molar-refractivity contribution in [1.29, 1.82) is 0 Å². The lowest BCUT2D eigenvalue weighted by molar-refractivity contribution is 0.310. The van der Waals surface area contributed by atoms with Crippen LogP contribution in [0.1, 0.15) is 31.4 Å². The maximum Gasteiger partial charge on any atom is 0.221 e. The van der Waals surface area contributed by atoms with Crippen molar-refractivity contribution in [2.24, 2.45) is 0 Å². The van der Waals surface area contributed by atoms with E-state index in [1.165, 1.54) is 0 Å². The topological polar surface area (TPSA) is 117 Å². The largest absolute Gasteiger partial charge is 0.508 e. The Morgan fingerprint density at radius 1 is 1.03 bits per heavy atom. The van der Waals surface area contributed by atoms with E-state index < -0.39 is 0 Å². The van der Waals surface area contributed by atoms with Crippen molar-refractivity contribution in [3.63, 3.8) is 0 Å². The maximum atomic E-state index is 9.94. The second-order valence-corrected chi connectivity index (χ2v) is 6.61. The molecular weight excluding hydrogens is 368 g/mol. The van der Waals surface area contributed by atoms with Gasteiger partial charge in [-0.15, -0.1) is 0 Å². The molecule has 2 aromatic carbocycles. The normalized spacial score (nSPS) is 10.7. The fourth-order valence-electron chi connectivity index (χ4n) is 3.08. The highest BCUT2D eigenvalue weighted by Gasteiger charge is 2.17. The molecule has 0 aliphatic rings. The number of hydrogen-bond acceptors (Lipinski definition) is 7. The number of nitrogen functional groups attached to an aromatic ring is 2. The van der Waals surface area contributed by atoms with Gasteiger partial charge >= 0.3 is 0 Å². The van der Waals surface area contributed by atoms with Crippen molar-refractivity contribution in [3.05, 3.63) is 53.7 Å². The Kier molecular flexibility index (Phi) is 6.39. The molecule has 0 unspecified atom stereocenters. The van der Waals surface area contributed by atoms with Gasteiger partial charge in [-0.2, -0.15) is 4.98 Å². The Balaban J connectivity index is 2.10. The molecule has 3 rings (SSSR count). The summed E-state index contributed by atoms with van der Waals surface area (Å²) < 4.78 is 12.0. The number of nitrogens with two attached hydrogens (primary N) is 2. The molecule has 0 aliphatic carbocycles. The zero-order chi connectivity index (χ0) is 20.8. The molecule has 3 aromatic rings. The van der Waals surface area contributed by atoms with Gasteiger partial charge in [-0.25, -0.2) is 4.98 Å². The number of ether oxygens (including phenoxy) is 2. The second-order valence-electron chi connectivity index (χ2n) is 6.61. The average Bonchev–Trinajstić information content (AvgIpc) is 2.68. The molecule has 0 saturated carbocycles. The van der Waals surface area contributed by atoms with Gasteiger partial charge in [0.25, 0.3) is 0 Å². The summed E-state index contributed by atoms with van der Waals surface area (Å²) in [5.74, 6) is 2.04. The highest BCUT2D eigenvalue weighted by Crippen LogP contribution is 2.41. The number of phenolic OH excluding ortho intramolecular Hbond substituents is 1. The molecule has 0 radical (unpaired) electrons. The van der Waals surface area contributed by atoms with Crippen LogP contribution in [0.15, 0.2) is 42.6 Å². The zero-order valence-electron chi connectivity index (χ0n) is 16.7. The standard InChI is InChI=1S/C22H26N4O3/c1-3-8-29-19-11-14(9-16-13-25-22(24)26-21(16)23)10-18(28-4-2)20(19)15-6-5-7-17(27)12-15/h5-7,10-13,27H,3-4,8-9H2,1-2H3,(H4,23,24,25,26). The molecule has 0 atom stereocenters. The summed E-state index contributed by atoms with van der Waals surface area (Å²) in [5.41, 5.74) is 14.9. The number of benzene rings is 2. The second kappa shape index (κ2) is 9.14. The molecular formula is C22H26N4O3. The van der Waals surface area contributed by atoms with E-state index in [2.05, 4.69) is 9.97 Å². The summed E-state index contributed by atoms with van der Waals surface area (Å²) in [6, 6.07) is 11.0. The van der Waals surface area contributed by atoms with Crippen molar-refractivity contribution >= 4 is 11.8 Å². The van der Waals surface area contributed by atoms with Gasteiger partial charge in [-0.3, -0.25) is 0 Å². The molecule has 0 spiro atoms. The van der Waals surface area contributed by atoms with Gasteiger partial charge in [0, 0.05) is 18.2 Å². The van der Waals surface area contributed by atoms with Gasteiger partial charge in [0.2, 0.25) is 5.95 Å². The van der Waals surface area contributed by atoms with Crippen molar-refractivity contribution in [2.75, 3.05) is 24.7 Å². The Morgan fingerprint density at radius 3 is 2.45 bits per heavy atom. The van der Waals surface area contributed by atoms with Crippen LogP contribution in [-0.4, -0.2) is 28.3 Å². The van der Waals surface area contributed by atoms with Crippen LogP contribution in [0.5, 0.6) is 17.2 Å². The van der Waals surface area contributed by atoms with Crippen LogP contribution >= 0.6 is 0 Å². The third-order valence-corrected chi connectivity index (χ3v) is 4.33. The van der Waals surface area contributed by atoms with Crippen LogP contribution in [0.2, 0.25) is 0 Å². The first-order valence-electron chi connectivity index (χ1n) is 9.60. The lowest BCUT2D eigenvalue weighted by Gasteiger charge is -2.18. The van der Waals surface area contributed by atoms with Crippen LogP contribution in [0.4, 0.5) is 11.8 Å². The molecule has 0 saturated heterocycles. The summed E-state index contributed by atoms with van der Waals surface area (Å²) in [4.78, 5) is 8.07. The molecule has 1 heterocycles. The lowest BCUT2D eigenvalue weighted by Crippen LogP contribution is -2.05. The van der Waals surface area contributed by atoms with E-state index in [0.29, 0.717) is 37.0 Å². The SMILES string of the molecule is CCCOc1cc(Cc2cnc(N)nc2N)cc(OCC)c1-c1cccc(O)c1. The minimum atomic E-state index is 0.146. The fourth-order valence-corrected chi connectivity index (χ4v) is 3.08. The molecule has 7 heteroatoms. The average molecular weight is 394 g/mol. The predicted octanol–water partition coefficient (Wildman–Crippen LogP) is 3.79. The summed E-state index contributed by atoms with van der Waals surface area (Å²) >= 11 is 0. The molecule has 29 heavy (non-hydrogen) atoms. The number of phenols is 1. The van der Waals surface area contributed by atoms with Crippen LogP contribution in [-0.2, 0) is 6.42 Å². The molecule has 7 nitrogen and oxygen atoms in total. The molecule has 0 aliphatic heterocycles. The van der Waals surface area contributed by atoms with Crippen LogP contribution in [0, 0.1) is 0 Å². The number of anilines is 2. The smallest absolute Gasteiger partial charge is 0.221 e. The summed E-state index contributed by atoms with van der Waals surface area (Å²) in [6.07, 6.45) is 3.01. The third kappa shape index (κ3) is 4.87. The monoisotopic (exact) mass is 394 g/mol. The number of nitrogens with zero attached hydrogens (tertiary/aromatic N) is 2. The van der Waals surface area contributed by atoms with E-state index in [9.17, 15) is 5.11 Å². The lowest BCUT2D eigenvalue weighted by atomic mass is 9.98. The molecule has 152 valence electrons. The van der Waals surface area contributed by atoms with Crippen LogP contribution in [0.25, 0.3) is 11.1 Å². The number of aromatic hydroxyl groups is 1. The van der Waals surface area contributed by atoms with Gasteiger partial charge in [0.15, 0.2) is 0 Å². The van der Waals surface area contributed by atoms with Crippen molar-refractivity contribution in [3.8, 4) is 28.4 Å². The predicted molar refractivity (Wildman–Crippen MR) is 114 cm³/mol. The van der Waals surface area contributed by atoms with E-state index in [-0.39, 0.29) is 11.7 Å². The van der Waals surface area contributed by atoms with Crippen LogP contribution < -0.4 is 20.9 Å². The highest BCUT2D eigenvalue weighted by molar-refractivity contribution is 5.78. The number of hydrogen-bond donors (Lipinski definition) is 3. The Hall–Kier alpha value is -3.48. The summed E-state index contributed by atoms with van der Waals surface area (Å²) in [6.45, 7) is 5.04. The Labute approximate surface area is 170 Å². The Bertz CT molecular complexity index is 992. The van der Waals surface area contributed by atoms with Gasteiger partial charge in [0.05, 0.1) is 18.8 Å². The first-order valence-corrected chi connectivity index (χ1v) is 9.60. The number of aromatic nitrogens is 2. The van der Waals surface area contributed by atoms with E-state index in [0.717, 1.165) is 28.7 Å². The van der Waals surface area contributed by atoms with Gasteiger partial charge < -0.3 is 26.0 Å². The first-order chi connectivity index (χ1) is 14.0. The summed E-state index contributed by atoms with van der Waals surface area (Å²) in [7, 11) is 0. The van der Waals surface area contributed by atoms with Gasteiger partial charge in [-0.1, -0.05) is 19.1 Å². The fraction of sp³-hybridized carbons (Fsp3) is 0.273. The van der Waals surface area contributed by atoms with E-state index in [1.54, 1.807) is 24.4 Å². The van der Waals surface area contributed by atoms with E-state index in [4.69, 9.17) is 20.9 Å². The van der Waals surface area contributed by atoms with E-state index >= 15 is 0 Å². The van der Waals surface area contributed by atoms with E-state index in [1.807, 2.05) is 32.0 Å². The van der Waals surface area contributed by atoms with Crippen molar-refractivity contribution < 1.29 is 14.6 Å². The molecule has 0 fully saturated rings. The van der Waals surface area contributed by atoms with Crippen molar-refractivity contribution in [1.82, 2.24) is 9.97 Å². The maximum absolute atomic E-state index is 9.94. The van der Waals surface area contributed by atoms with Gasteiger partial charge in [-0.05, 0) is 48.7 Å².